The molecule has 0 spiro atoms. The largest absolute Gasteiger partial charge is 0.322 e. The number of aromatic nitrogens is 3. The Kier molecular flexibility index (Phi) is 5.01. The molecule has 27 heavy (non-hydrogen) atoms. The minimum Gasteiger partial charge on any atom is -0.314 e. The van der Waals surface area contributed by atoms with Crippen molar-refractivity contribution < 1.29 is 9.18 Å². The van der Waals surface area contributed by atoms with Gasteiger partial charge in [-0.25, -0.2) is 9.18 Å². The second-order valence-corrected chi connectivity index (χ2v) is 7.52. The first kappa shape index (κ1) is 18.2. The van der Waals surface area contributed by atoms with Gasteiger partial charge in [0.25, 0.3) is 0 Å². The van der Waals surface area contributed by atoms with Gasteiger partial charge >= 0.3 is 6.03 Å². The van der Waals surface area contributed by atoms with Crippen LogP contribution in [0.15, 0.2) is 18.2 Å². The number of benzene rings is 1. The Morgan fingerprint density at radius 3 is 2.93 bits per heavy atom. The second kappa shape index (κ2) is 7.44. The van der Waals surface area contributed by atoms with Gasteiger partial charge in [-0.2, -0.15) is 0 Å². The molecule has 4 rings (SSSR count). The number of urea groups is 1. The summed E-state index contributed by atoms with van der Waals surface area (Å²) in [6, 6.07) is 3.73. The Morgan fingerprint density at radius 1 is 1.26 bits per heavy atom. The van der Waals surface area contributed by atoms with E-state index in [-0.39, 0.29) is 17.8 Å². The number of halogens is 2. The minimum atomic E-state index is -0.550. The van der Waals surface area contributed by atoms with Crippen LogP contribution < -0.4 is 5.32 Å². The zero-order valence-electron chi connectivity index (χ0n) is 15.2. The summed E-state index contributed by atoms with van der Waals surface area (Å²) >= 11 is 5.78. The second-order valence-electron chi connectivity index (χ2n) is 7.09. The predicted octanol–water partition coefficient (Wildman–Crippen LogP) is 2.93. The Labute approximate surface area is 162 Å². The lowest BCUT2D eigenvalue weighted by Crippen LogP contribution is -2.36. The molecule has 2 aromatic rings. The predicted molar refractivity (Wildman–Crippen MR) is 100 cm³/mol. The quantitative estimate of drug-likeness (QED) is 0.853. The number of nitrogens with zero attached hydrogens (tertiary/aromatic N) is 5. The van der Waals surface area contributed by atoms with Crippen LogP contribution >= 0.6 is 11.6 Å². The number of hydrogen-bond acceptors (Lipinski definition) is 4. The van der Waals surface area contributed by atoms with Gasteiger partial charge in [0.2, 0.25) is 0 Å². The SMILES string of the molecule is CN1CCc2nnc(C3CCCN3C(=O)Nc3ccc(Cl)cc3F)n2CC1. The maximum Gasteiger partial charge on any atom is 0.322 e. The number of hydrogen-bond donors (Lipinski definition) is 1. The molecule has 1 fully saturated rings. The molecule has 2 aliphatic heterocycles. The van der Waals surface area contributed by atoms with Crippen molar-refractivity contribution in [3.8, 4) is 0 Å². The van der Waals surface area contributed by atoms with Gasteiger partial charge in [0.1, 0.15) is 11.6 Å². The Hall–Kier alpha value is -2.19. The first-order valence-electron chi connectivity index (χ1n) is 9.16. The summed E-state index contributed by atoms with van der Waals surface area (Å²) < 4.78 is 16.2. The van der Waals surface area contributed by atoms with E-state index in [1.807, 2.05) is 0 Å². The van der Waals surface area contributed by atoms with E-state index in [0.717, 1.165) is 50.5 Å². The Balaban J connectivity index is 1.54. The molecule has 7 nitrogen and oxygen atoms in total. The van der Waals surface area contributed by atoms with Gasteiger partial charge < -0.3 is 19.7 Å². The van der Waals surface area contributed by atoms with Gasteiger partial charge in [-0.05, 0) is 38.1 Å². The highest BCUT2D eigenvalue weighted by Crippen LogP contribution is 2.32. The topological polar surface area (TPSA) is 66.3 Å². The molecule has 3 heterocycles. The summed E-state index contributed by atoms with van der Waals surface area (Å²) in [6.07, 6.45) is 2.55. The monoisotopic (exact) mass is 392 g/mol. The van der Waals surface area contributed by atoms with Crippen molar-refractivity contribution in [3.05, 3.63) is 40.7 Å². The molecular formula is C18H22ClFN6O. The highest BCUT2D eigenvalue weighted by Gasteiger charge is 2.35. The van der Waals surface area contributed by atoms with Crippen molar-refractivity contribution in [1.82, 2.24) is 24.6 Å². The first-order valence-corrected chi connectivity index (χ1v) is 9.54. The van der Waals surface area contributed by atoms with E-state index in [1.165, 1.54) is 12.1 Å². The average molecular weight is 393 g/mol. The summed E-state index contributed by atoms with van der Waals surface area (Å²) in [5.74, 6) is 1.24. The van der Waals surface area contributed by atoms with Crippen molar-refractivity contribution in [2.45, 2.75) is 31.8 Å². The third-order valence-electron chi connectivity index (χ3n) is 5.26. The molecule has 2 aliphatic rings. The first-order chi connectivity index (χ1) is 13.0. The molecule has 1 saturated heterocycles. The number of amides is 2. The summed E-state index contributed by atoms with van der Waals surface area (Å²) in [5, 5.41) is 11.7. The van der Waals surface area contributed by atoms with Crippen LogP contribution in [0.2, 0.25) is 5.02 Å². The van der Waals surface area contributed by atoms with Crippen LogP contribution in [0.1, 0.15) is 30.5 Å². The van der Waals surface area contributed by atoms with Gasteiger partial charge in [-0.3, -0.25) is 0 Å². The lowest BCUT2D eigenvalue weighted by atomic mass is 10.2. The van der Waals surface area contributed by atoms with Crippen LogP contribution in [0.25, 0.3) is 0 Å². The van der Waals surface area contributed by atoms with Crippen LogP contribution in [0.4, 0.5) is 14.9 Å². The fourth-order valence-electron chi connectivity index (χ4n) is 3.75. The number of anilines is 1. The smallest absolute Gasteiger partial charge is 0.314 e. The number of carbonyl (C=O) groups is 1. The van der Waals surface area contributed by atoms with Gasteiger partial charge in [-0.15, -0.1) is 10.2 Å². The molecule has 1 aromatic heterocycles. The van der Waals surface area contributed by atoms with Crippen LogP contribution in [0, 0.1) is 5.82 Å². The molecule has 0 aliphatic carbocycles. The van der Waals surface area contributed by atoms with Gasteiger partial charge in [0.15, 0.2) is 5.82 Å². The zero-order chi connectivity index (χ0) is 19.0. The van der Waals surface area contributed by atoms with E-state index in [2.05, 4.69) is 32.0 Å². The van der Waals surface area contributed by atoms with Crippen LogP contribution in [-0.2, 0) is 13.0 Å². The summed E-state index contributed by atoms with van der Waals surface area (Å²) in [5.41, 5.74) is 0.122. The Bertz CT molecular complexity index is 856. The van der Waals surface area contributed by atoms with Crippen molar-refractivity contribution >= 4 is 23.3 Å². The van der Waals surface area contributed by atoms with Gasteiger partial charge in [0.05, 0.1) is 11.7 Å². The molecular weight excluding hydrogens is 371 g/mol. The Morgan fingerprint density at radius 2 is 2.11 bits per heavy atom. The number of carbonyl (C=O) groups excluding carboxylic acids is 1. The molecule has 1 unspecified atom stereocenters. The molecule has 0 saturated carbocycles. The van der Waals surface area contributed by atoms with E-state index >= 15 is 0 Å². The number of rotatable bonds is 2. The zero-order valence-corrected chi connectivity index (χ0v) is 15.9. The lowest BCUT2D eigenvalue weighted by molar-refractivity contribution is 0.203. The third kappa shape index (κ3) is 3.64. The molecule has 0 radical (unpaired) electrons. The number of nitrogens with one attached hydrogen (secondary N) is 1. The van der Waals surface area contributed by atoms with Crippen molar-refractivity contribution in [1.29, 1.82) is 0 Å². The molecule has 2 amide bonds. The number of fused-ring (bicyclic) bond motifs is 1. The average Bonchev–Trinajstić information content (AvgIpc) is 3.22. The van der Waals surface area contributed by atoms with E-state index in [9.17, 15) is 9.18 Å². The van der Waals surface area contributed by atoms with E-state index < -0.39 is 5.82 Å². The standard InChI is InChI=1S/C18H22ClFN6O/c1-24-8-6-16-22-23-17(26(16)10-9-24)15-3-2-7-25(15)18(27)21-14-5-4-12(19)11-13(14)20/h4-5,11,15H,2-3,6-10H2,1H3,(H,21,27). The number of likely N-dealkylation sites (tertiary alicyclic amines) is 1. The molecule has 1 atom stereocenters. The van der Waals surface area contributed by atoms with E-state index in [1.54, 1.807) is 11.0 Å². The fraction of sp³-hybridized carbons (Fsp3) is 0.500. The summed E-state index contributed by atoms with van der Waals surface area (Å²) in [6.45, 7) is 3.29. The molecule has 1 N–H and O–H groups in total. The molecule has 1 aromatic carbocycles. The maximum absolute atomic E-state index is 14.0. The highest BCUT2D eigenvalue weighted by molar-refractivity contribution is 6.30. The molecule has 0 bridgehead atoms. The van der Waals surface area contributed by atoms with Crippen molar-refractivity contribution in [2.75, 3.05) is 32.0 Å². The fourth-order valence-corrected chi connectivity index (χ4v) is 3.91. The summed E-state index contributed by atoms with van der Waals surface area (Å²) in [4.78, 5) is 16.8. The van der Waals surface area contributed by atoms with Crippen LogP contribution in [-0.4, -0.2) is 57.3 Å². The molecule has 9 heteroatoms. The van der Waals surface area contributed by atoms with Crippen molar-refractivity contribution in [2.24, 2.45) is 0 Å². The normalized spacial score (nSPS) is 20.4. The van der Waals surface area contributed by atoms with Crippen LogP contribution in [0.3, 0.4) is 0 Å². The van der Waals surface area contributed by atoms with E-state index in [4.69, 9.17) is 11.6 Å². The lowest BCUT2D eigenvalue weighted by Gasteiger charge is -2.25. The maximum atomic E-state index is 14.0. The molecule has 144 valence electrons. The van der Waals surface area contributed by atoms with Gasteiger partial charge in [0, 0.05) is 37.6 Å². The van der Waals surface area contributed by atoms with Gasteiger partial charge in [-0.1, -0.05) is 11.6 Å². The highest BCUT2D eigenvalue weighted by atomic mass is 35.5. The summed E-state index contributed by atoms with van der Waals surface area (Å²) in [7, 11) is 2.09. The number of likely N-dealkylation sites (N-methyl/N-ethyl adjacent to an activating group) is 1. The minimum absolute atomic E-state index is 0.122. The third-order valence-corrected chi connectivity index (χ3v) is 5.50. The van der Waals surface area contributed by atoms with Crippen molar-refractivity contribution in [3.63, 3.8) is 0 Å². The van der Waals surface area contributed by atoms with Crippen LogP contribution in [0.5, 0.6) is 0 Å². The van der Waals surface area contributed by atoms with E-state index in [0.29, 0.717) is 11.6 Å².